The maximum Gasteiger partial charge on any atom is 0.223 e. The van der Waals surface area contributed by atoms with E-state index in [1.807, 2.05) is 6.07 Å². The number of nitriles is 1. The summed E-state index contributed by atoms with van der Waals surface area (Å²) in [7, 11) is 0. The zero-order chi connectivity index (χ0) is 15.2. The Bertz CT molecular complexity index is 721. The highest BCUT2D eigenvalue weighted by atomic mass is 32.2. The number of Topliss-reactive ketones (excluding diaryl/α,β-unsaturated/α-hetero) is 1. The molecule has 0 aliphatic heterocycles. The summed E-state index contributed by atoms with van der Waals surface area (Å²) < 4.78 is 0.600. The van der Waals surface area contributed by atoms with E-state index < -0.39 is 0 Å². The molecular weight excluding hydrogens is 308 g/mol. The summed E-state index contributed by atoms with van der Waals surface area (Å²) in [4.78, 5) is 22.9. The lowest BCUT2D eigenvalue weighted by atomic mass is 10.1. The van der Waals surface area contributed by atoms with E-state index in [0.29, 0.717) is 20.6 Å². The first-order chi connectivity index (χ1) is 10.1. The van der Waals surface area contributed by atoms with Crippen molar-refractivity contribution in [1.82, 2.24) is 10.2 Å². The molecule has 0 bridgehead atoms. The van der Waals surface area contributed by atoms with Crippen molar-refractivity contribution in [2.75, 3.05) is 11.1 Å². The number of ketones is 1. The van der Waals surface area contributed by atoms with Crippen molar-refractivity contribution in [3.8, 4) is 6.07 Å². The third kappa shape index (κ3) is 4.37. The third-order valence-corrected chi connectivity index (χ3v) is 4.30. The fourth-order valence-corrected chi connectivity index (χ4v) is 3.13. The van der Waals surface area contributed by atoms with Crippen LogP contribution >= 0.6 is 23.1 Å². The van der Waals surface area contributed by atoms with Gasteiger partial charge < -0.3 is 5.32 Å². The van der Waals surface area contributed by atoms with Gasteiger partial charge in [-0.25, -0.2) is 0 Å². The molecule has 1 N–H and O–H groups in total. The normalized spacial score (nSPS) is 9.90. The van der Waals surface area contributed by atoms with E-state index in [4.69, 9.17) is 5.26 Å². The third-order valence-electron chi connectivity index (χ3n) is 2.33. The average Bonchev–Trinajstić information content (AvgIpc) is 2.91. The first kappa shape index (κ1) is 15.2. The Kier molecular flexibility index (Phi) is 5.03. The van der Waals surface area contributed by atoms with Crippen LogP contribution in [0, 0.1) is 11.3 Å². The van der Waals surface area contributed by atoms with Gasteiger partial charge in [0.05, 0.1) is 17.4 Å². The number of rotatable bonds is 5. The van der Waals surface area contributed by atoms with Crippen molar-refractivity contribution >= 4 is 39.9 Å². The second-order valence-electron chi connectivity index (χ2n) is 3.96. The molecule has 1 heterocycles. The van der Waals surface area contributed by atoms with Gasteiger partial charge in [-0.05, 0) is 12.1 Å². The summed E-state index contributed by atoms with van der Waals surface area (Å²) >= 11 is 2.46. The minimum Gasteiger partial charge on any atom is -0.301 e. The highest BCUT2D eigenvalue weighted by Gasteiger charge is 2.11. The van der Waals surface area contributed by atoms with Gasteiger partial charge in [-0.1, -0.05) is 35.2 Å². The van der Waals surface area contributed by atoms with E-state index >= 15 is 0 Å². The summed E-state index contributed by atoms with van der Waals surface area (Å²) in [5, 5.41) is 19.4. The monoisotopic (exact) mass is 318 g/mol. The van der Waals surface area contributed by atoms with E-state index in [1.54, 1.807) is 24.3 Å². The van der Waals surface area contributed by atoms with E-state index in [2.05, 4.69) is 15.5 Å². The van der Waals surface area contributed by atoms with Crippen LogP contribution < -0.4 is 5.32 Å². The number of amides is 1. The molecule has 0 radical (unpaired) electrons. The van der Waals surface area contributed by atoms with Crippen LogP contribution in [0.3, 0.4) is 0 Å². The molecule has 2 rings (SSSR count). The molecule has 1 aromatic carbocycles. The summed E-state index contributed by atoms with van der Waals surface area (Å²) in [6, 6.07) is 8.56. The van der Waals surface area contributed by atoms with Gasteiger partial charge in [0.2, 0.25) is 11.0 Å². The van der Waals surface area contributed by atoms with Gasteiger partial charge in [0, 0.05) is 12.5 Å². The lowest BCUT2D eigenvalue weighted by Gasteiger charge is -1.99. The van der Waals surface area contributed by atoms with Crippen molar-refractivity contribution in [3.63, 3.8) is 0 Å². The summed E-state index contributed by atoms with van der Waals surface area (Å²) in [6.07, 6.45) is 0. The lowest BCUT2D eigenvalue weighted by Crippen LogP contribution is -2.04. The highest BCUT2D eigenvalue weighted by molar-refractivity contribution is 8.01. The van der Waals surface area contributed by atoms with Crippen molar-refractivity contribution in [1.29, 1.82) is 5.26 Å². The Hall–Kier alpha value is -2.24. The lowest BCUT2D eigenvalue weighted by molar-refractivity contribution is -0.114. The minimum atomic E-state index is -0.216. The Morgan fingerprint density at radius 2 is 2.24 bits per heavy atom. The molecule has 1 amide bonds. The van der Waals surface area contributed by atoms with Crippen LogP contribution in [0.1, 0.15) is 22.8 Å². The van der Waals surface area contributed by atoms with Gasteiger partial charge in [0.25, 0.3) is 0 Å². The number of thioether (sulfide) groups is 1. The largest absolute Gasteiger partial charge is 0.301 e. The molecule has 0 aliphatic rings. The predicted molar refractivity (Wildman–Crippen MR) is 80.4 cm³/mol. The number of hydrogen-bond donors (Lipinski definition) is 1. The highest BCUT2D eigenvalue weighted by Crippen LogP contribution is 2.26. The molecule has 0 fully saturated rings. The topological polar surface area (TPSA) is 95.7 Å². The minimum absolute atomic E-state index is 0.0895. The molecule has 0 spiro atoms. The number of anilines is 1. The first-order valence-corrected chi connectivity index (χ1v) is 7.66. The van der Waals surface area contributed by atoms with Gasteiger partial charge >= 0.3 is 0 Å². The standard InChI is InChI=1S/C13H10N4O2S2/c1-8(18)15-12-16-17-13(21-12)20-7-11(19)10-4-2-3-9(5-10)6-14/h2-5H,7H2,1H3,(H,15,16,18). The van der Waals surface area contributed by atoms with Crippen LogP contribution in [0.4, 0.5) is 5.13 Å². The number of nitrogens with one attached hydrogen (secondary N) is 1. The fraction of sp³-hybridized carbons (Fsp3) is 0.154. The summed E-state index contributed by atoms with van der Waals surface area (Å²) in [5.74, 6) is -0.107. The number of nitrogens with zero attached hydrogens (tertiary/aromatic N) is 3. The second-order valence-corrected chi connectivity index (χ2v) is 6.16. The number of carbonyl (C=O) groups excluding carboxylic acids is 2. The zero-order valence-corrected chi connectivity index (χ0v) is 12.6. The zero-order valence-electron chi connectivity index (χ0n) is 11.0. The van der Waals surface area contributed by atoms with E-state index in [0.717, 1.165) is 0 Å². The van der Waals surface area contributed by atoms with Crippen molar-refractivity contribution in [3.05, 3.63) is 35.4 Å². The molecule has 21 heavy (non-hydrogen) atoms. The molecule has 0 saturated carbocycles. The number of benzene rings is 1. The van der Waals surface area contributed by atoms with Gasteiger partial charge in [0.15, 0.2) is 10.1 Å². The van der Waals surface area contributed by atoms with Crippen molar-refractivity contribution < 1.29 is 9.59 Å². The predicted octanol–water partition coefficient (Wildman–Crippen LogP) is 2.34. The van der Waals surface area contributed by atoms with E-state index in [1.165, 1.54) is 30.0 Å². The number of carbonyl (C=O) groups is 2. The maximum absolute atomic E-state index is 12.0. The fourth-order valence-electron chi connectivity index (χ4n) is 1.44. The van der Waals surface area contributed by atoms with Crippen molar-refractivity contribution in [2.45, 2.75) is 11.3 Å². The van der Waals surface area contributed by atoms with E-state index in [-0.39, 0.29) is 17.4 Å². The molecule has 0 unspecified atom stereocenters. The quantitative estimate of drug-likeness (QED) is 0.516. The molecule has 106 valence electrons. The Morgan fingerprint density at radius 3 is 2.95 bits per heavy atom. The maximum atomic E-state index is 12.0. The molecule has 0 aliphatic carbocycles. The van der Waals surface area contributed by atoms with E-state index in [9.17, 15) is 9.59 Å². The summed E-state index contributed by atoms with van der Waals surface area (Å²) in [6.45, 7) is 1.39. The van der Waals surface area contributed by atoms with Gasteiger partial charge in [-0.15, -0.1) is 10.2 Å². The van der Waals surface area contributed by atoms with Crippen LogP contribution in [0.25, 0.3) is 0 Å². The number of hydrogen-bond acceptors (Lipinski definition) is 7. The van der Waals surface area contributed by atoms with Gasteiger partial charge in [0.1, 0.15) is 0 Å². The molecule has 8 heteroatoms. The van der Waals surface area contributed by atoms with Gasteiger partial charge in [-0.2, -0.15) is 5.26 Å². The Balaban J connectivity index is 1.96. The second kappa shape index (κ2) is 6.97. The van der Waals surface area contributed by atoms with Crippen LogP contribution in [0.15, 0.2) is 28.6 Å². The molecular formula is C13H10N4O2S2. The van der Waals surface area contributed by atoms with Crippen LogP contribution in [-0.4, -0.2) is 27.6 Å². The molecule has 1 aromatic heterocycles. The molecule has 0 saturated heterocycles. The Morgan fingerprint density at radius 1 is 1.43 bits per heavy atom. The average molecular weight is 318 g/mol. The first-order valence-electron chi connectivity index (χ1n) is 5.86. The summed E-state index contributed by atoms with van der Waals surface area (Å²) in [5.41, 5.74) is 0.947. The van der Waals surface area contributed by atoms with Crippen LogP contribution in [-0.2, 0) is 4.79 Å². The Labute approximate surface area is 129 Å². The molecule has 6 nitrogen and oxygen atoms in total. The van der Waals surface area contributed by atoms with Crippen LogP contribution in [0.5, 0.6) is 0 Å². The smallest absolute Gasteiger partial charge is 0.223 e. The van der Waals surface area contributed by atoms with Crippen LogP contribution in [0.2, 0.25) is 0 Å². The number of aromatic nitrogens is 2. The SMILES string of the molecule is CC(=O)Nc1nnc(SCC(=O)c2cccc(C#N)c2)s1. The molecule has 0 atom stereocenters. The molecule has 2 aromatic rings. The van der Waals surface area contributed by atoms with Crippen molar-refractivity contribution in [2.24, 2.45) is 0 Å². The van der Waals surface area contributed by atoms with Gasteiger partial charge in [-0.3, -0.25) is 9.59 Å².